The normalized spacial score (nSPS) is 11.4. The molecule has 0 saturated heterocycles. The van der Waals surface area contributed by atoms with Crippen molar-refractivity contribution in [3.63, 3.8) is 0 Å². The molecular weight excluding hydrogens is 344 g/mol. The van der Waals surface area contributed by atoms with E-state index in [1.807, 2.05) is 0 Å². The van der Waals surface area contributed by atoms with Crippen molar-refractivity contribution in [1.29, 1.82) is 0 Å². The number of nitrogens with zero attached hydrogens (tertiary/aromatic N) is 2. The molecule has 0 spiro atoms. The van der Waals surface area contributed by atoms with Gasteiger partial charge in [-0.15, -0.1) is 5.10 Å². The summed E-state index contributed by atoms with van der Waals surface area (Å²) in [6, 6.07) is 9.08. The third-order valence-corrected chi connectivity index (χ3v) is 4.92. The average molecular weight is 353 g/mol. The predicted molar refractivity (Wildman–Crippen MR) is 82.5 cm³/mol. The van der Waals surface area contributed by atoms with E-state index in [-0.39, 0.29) is 5.69 Å². The minimum absolute atomic E-state index is 0.180. The summed E-state index contributed by atoms with van der Waals surface area (Å²) in [7, 11) is -4.37. The van der Waals surface area contributed by atoms with Gasteiger partial charge in [0.25, 0.3) is 10.0 Å². The first-order chi connectivity index (χ1) is 11.0. The highest BCUT2D eigenvalue weighted by molar-refractivity contribution is 7.92. The van der Waals surface area contributed by atoms with Crippen LogP contribution in [0.1, 0.15) is 0 Å². The van der Waals surface area contributed by atoms with Crippen LogP contribution in [0.25, 0.3) is 11.3 Å². The van der Waals surface area contributed by atoms with E-state index in [9.17, 15) is 17.2 Å². The number of benzene rings is 2. The first kappa shape index (κ1) is 15.5. The van der Waals surface area contributed by atoms with Crippen LogP contribution in [0.3, 0.4) is 0 Å². The van der Waals surface area contributed by atoms with Crippen LogP contribution in [0.5, 0.6) is 0 Å². The van der Waals surface area contributed by atoms with Crippen molar-refractivity contribution in [3.8, 4) is 11.3 Å². The molecule has 1 N–H and O–H groups in total. The zero-order valence-corrected chi connectivity index (χ0v) is 13.0. The van der Waals surface area contributed by atoms with Gasteiger partial charge >= 0.3 is 0 Å². The summed E-state index contributed by atoms with van der Waals surface area (Å²) in [6.07, 6.45) is 0. The van der Waals surface area contributed by atoms with Crippen molar-refractivity contribution in [2.24, 2.45) is 0 Å². The van der Waals surface area contributed by atoms with Crippen molar-refractivity contribution < 1.29 is 17.2 Å². The van der Waals surface area contributed by atoms with E-state index < -0.39 is 26.6 Å². The molecule has 3 aromatic rings. The third-order valence-electron chi connectivity index (χ3n) is 2.98. The lowest BCUT2D eigenvalue weighted by molar-refractivity contribution is 0.521. The molecule has 9 heteroatoms. The number of nitrogens with one attached hydrogen (secondary N) is 1. The lowest BCUT2D eigenvalue weighted by Crippen LogP contribution is -2.16. The highest BCUT2D eigenvalue weighted by Gasteiger charge is 2.23. The van der Waals surface area contributed by atoms with Crippen molar-refractivity contribution in [2.45, 2.75) is 4.90 Å². The van der Waals surface area contributed by atoms with Crippen LogP contribution in [0.4, 0.5) is 14.5 Å². The van der Waals surface area contributed by atoms with Crippen molar-refractivity contribution in [3.05, 3.63) is 59.5 Å². The Kier molecular flexibility index (Phi) is 4.05. The maximum Gasteiger partial charge on any atom is 0.267 e. The van der Waals surface area contributed by atoms with Gasteiger partial charge < -0.3 is 0 Å². The summed E-state index contributed by atoms with van der Waals surface area (Å²) < 4.78 is 57.4. The molecule has 1 aromatic heterocycles. The quantitative estimate of drug-likeness (QED) is 0.781. The lowest BCUT2D eigenvalue weighted by atomic mass is 10.2. The Hall–Kier alpha value is -2.39. The summed E-state index contributed by atoms with van der Waals surface area (Å²) >= 11 is 1.19. The van der Waals surface area contributed by atoms with Crippen LogP contribution in [-0.2, 0) is 10.0 Å². The lowest BCUT2D eigenvalue weighted by Gasteiger charge is -2.10. The van der Waals surface area contributed by atoms with Gasteiger partial charge in [-0.2, -0.15) is 0 Å². The van der Waals surface area contributed by atoms with Crippen LogP contribution < -0.4 is 4.72 Å². The average Bonchev–Trinajstić information content (AvgIpc) is 3.01. The molecule has 0 aliphatic rings. The van der Waals surface area contributed by atoms with E-state index in [0.29, 0.717) is 5.69 Å². The van der Waals surface area contributed by atoms with E-state index >= 15 is 0 Å². The molecule has 0 aliphatic heterocycles. The number of hydrogen-bond donors (Lipinski definition) is 1. The zero-order valence-electron chi connectivity index (χ0n) is 11.4. The number of halogens is 2. The smallest absolute Gasteiger partial charge is 0.267 e. The molecular formula is C14H9F2N3O2S2. The molecule has 3 rings (SSSR count). The fraction of sp³-hybridized carbons (Fsp3) is 0. The highest BCUT2D eigenvalue weighted by Crippen LogP contribution is 2.24. The first-order valence-electron chi connectivity index (χ1n) is 6.32. The maximum absolute atomic E-state index is 13.6. The number of rotatable bonds is 4. The van der Waals surface area contributed by atoms with Crippen LogP contribution >= 0.6 is 11.5 Å². The number of aromatic nitrogens is 2. The Morgan fingerprint density at radius 3 is 2.22 bits per heavy atom. The van der Waals surface area contributed by atoms with Gasteiger partial charge in [-0.1, -0.05) is 22.7 Å². The van der Waals surface area contributed by atoms with Crippen LogP contribution in [0, 0.1) is 11.6 Å². The van der Waals surface area contributed by atoms with E-state index in [0.717, 1.165) is 23.8 Å². The Bertz CT molecular complexity index is 907. The first-order valence-corrected chi connectivity index (χ1v) is 8.64. The second kappa shape index (κ2) is 6.01. The van der Waals surface area contributed by atoms with Gasteiger partial charge in [-0.3, -0.25) is 4.72 Å². The molecule has 2 aromatic carbocycles. The topological polar surface area (TPSA) is 72.0 Å². The third kappa shape index (κ3) is 3.20. The Morgan fingerprint density at radius 1 is 1.00 bits per heavy atom. The van der Waals surface area contributed by atoms with Gasteiger partial charge in [-0.25, -0.2) is 17.2 Å². The minimum Gasteiger partial charge on any atom is -0.279 e. The van der Waals surface area contributed by atoms with E-state index in [1.54, 1.807) is 17.5 Å². The Morgan fingerprint density at radius 2 is 1.65 bits per heavy atom. The van der Waals surface area contributed by atoms with Crippen molar-refractivity contribution in [1.82, 2.24) is 9.59 Å². The number of anilines is 1. The second-order valence-electron chi connectivity index (χ2n) is 4.52. The molecule has 23 heavy (non-hydrogen) atoms. The molecule has 0 atom stereocenters. The molecule has 0 aliphatic carbocycles. The fourth-order valence-corrected chi connectivity index (χ4v) is 3.61. The molecule has 0 fully saturated rings. The minimum atomic E-state index is -4.37. The van der Waals surface area contributed by atoms with Crippen LogP contribution in [0.2, 0.25) is 0 Å². The predicted octanol–water partition coefficient (Wildman–Crippen LogP) is 3.28. The Balaban J connectivity index is 1.89. The van der Waals surface area contributed by atoms with Gasteiger partial charge in [0.15, 0.2) is 4.90 Å². The summed E-state index contributed by atoms with van der Waals surface area (Å²) in [5.41, 5.74) is 1.59. The van der Waals surface area contributed by atoms with E-state index in [4.69, 9.17) is 0 Å². The second-order valence-corrected chi connectivity index (χ2v) is 6.75. The molecule has 118 valence electrons. The maximum atomic E-state index is 13.6. The molecule has 0 amide bonds. The van der Waals surface area contributed by atoms with Crippen LogP contribution in [-0.4, -0.2) is 18.0 Å². The molecule has 0 saturated carbocycles. The Labute approximate surface area is 134 Å². The number of hydrogen-bond acceptors (Lipinski definition) is 5. The summed E-state index contributed by atoms with van der Waals surface area (Å²) in [4.78, 5) is -1.01. The van der Waals surface area contributed by atoms with Gasteiger partial charge in [0.2, 0.25) is 0 Å². The van der Waals surface area contributed by atoms with Gasteiger partial charge in [0, 0.05) is 16.6 Å². The van der Waals surface area contributed by atoms with Crippen molar-refractivity contribution in [2.75, 3.05) is 4.72 Å². The SMILES string of the molecule is O=S(=O)(Nc1ccc(-c2csnn2)cc1)c1c(F)cccc1F. The van der Waals surface area contributed by atoms with Gasteiger partial charge in [0.1, 0.15) is 17.3 Å². The summed E-state index contributed by atoms with van der Waals surface area (Å²) in [6.45, 7) is 0. The van der Waals surface area contributed by atoms with Gasteiger partial charge in [-0.05, 0) is 35.8 Å². The van der Waals surface area contributed by atoms with Gasteiger partial charge in [0.05, 0.1) is 0 Å². The molecule has 0 unspecified atom stereocenters. The molecule has 0 radical (unpaired) electrons. The van der Waals surface area contributed by atoms with E-state index in [2.05, 4.69) is 14.3 Å². The number of sulfonamides is 1. The monoisotopic (exact) mass is 353 g/mol. The molecule has 1 heterocycles. The fourth-order valence-electron chi connectivity index (χ4n) is 1.94. The largest absolute Gasteiger partial charge is 0.279 e. The van der Waals surface area contributed by atoms with Crippen molar-refractivity contribution >= 4 is 27.2 Å². The zero-order chi connectivity index (χ0) is 16.4. The molecule has 5 nitrogen and oxygen atoms in total. The summed E-state index contributed by atoms with van der Waals surface area (Å²) in [5, 5.41) is 5.64. The van der Waals surface area contributed by atoms with E-state index in [1.165, 1.54) is 23.7 Å². The van der Waals surface area contributed by atoms with Crippen LogP contribution in [0.15, 0.2) is 52.7 Å². The highest BCUT2D eigenvalue weighted by atomic mass is 32.2. The summed E-state index contributed by atoms with van der Waals surface area (Å²) in [5.74, 6) is -2.30. The molecule has 0 bridgehead atoms. The standard InChI is InChI=1S/C14H9F2N3O2S2/c15-11-2-1-3-12(16)14(11)23(20,21)18-10-6-4-9(5-7-10)13-8-22-19-17-13/h1-8,18H.